The molecule has 1 amide bonds. The quantitative estimate of drug-likeness (QED) is 0.662. The smallest absolute Gasteiger partial charge is 0.237 e. The van der Waals surface area contributed by atoms with Crippen LogP contribution in [0.1, 0.15) is 25.8 Å². The van der Waals surface area contributed by atoms with Crippen molar-refractivity contribution in [1.82, 2.24) is 16.0 Å². The molecular formula is C15H25N3O. The molecule has 19 heavy (non-hydrogen) atoms. The summed E-state index contributed by atoms with van der Waals surface area (Å²) in [5, 5.41) is 9.34. The average molecular weight is 263 g/mol. The lowest BCUT2D eigenvalue weighted by Gasteiger charge is -2.17. The Kier molecular flexibility index (Phi) is 7.15. The first-order chi connectivity index (χ1) is 9.13. The number of carbonyl (C=O) groups excluding carboxylic acids is 1. The van der Waals surface area contributed by atoms with Gasteiger partial charge in [-0.3, -0.25) is 4.79 Å². The lowest BCUT2D eigenvalue weighted by atomic mass is 10.1. The van der Waals surface area contributed by atoms with Crippen LogP contribution < -0.4 is 16.0 Å². The summed E-state index contributed by atoms with van der Waals surface area (Å²) in [5.41, 5.74) is 1.12. The topological polar surface area (TPSA) is 53.2 Å². The Morgan fingerprint density at radius 3 is 2.47 bits per heavy atom. The van der Waals surface area contributed by atoms with Gasteiger partial charge in [0.15, 0.2) is 0 Å². The number of rotatable bonds is 8. The molecule has 0 aliphatic carbocycles. The van der Waals surface area contributed by atoms with E-state index in [1.807, 2.05) is 37.4 Å². The molecule has 0 bridgehead atoms. The highest BCUT2D eigenvalue weighted by atomic mass is 16.2. The minimum atomic E-state index is -0.144. The zero-order valence-electron chi connectivity index (χ0n) is 12.1. The molecule has 1 rings (SSSR count). The number of amides is 1. The number of likely N-dealkylation sites (N-methyl/N-ethyl adjacent to an activating group) is 1. The number of carbonyl (C=O) groups is 1. The van der Waals surface area contributed by atoms with Crippen LogP contribution in [0.4, 0.5) is 0 Å². The minimum absolute atomic E-state index is 0.0527. The molecule has 0 spiro atoms. The van der Waals surface area contributed by atoms with Gasteiger partial charge in [-0.2, -0.15) is 0 Å². The van der Waals surface area contributed by atoms with Crippen LogP contribution in [0.15, 0.2) is 30.3 Å². The Morgan fingerprint density at radius 1 is 1.21 bits per heavy atom. The Bertz CT molecular complexity index is 365. The van der Waals surface area contributed by atoms with Gasteiger partial charge in [-0.1, -0.05) is 44.2 Å². The highest BCUT2D eigenvalue weighted by Crippen LogP contribution is 1.98. The lowest BCUT2D eigenvalue weighted by Crippen LogP contribution is -2.44. The molecule has 0 aliphatic heterocycles. The van der Waals surface area contributed by atoms with E-state index >= 15 is 0 Å². The van der Waals surface area contributed by atoms with Crippen molar-refractivity contribution in [1.29, 1.82) is 0 Å². The predicted octanol–water partition coefficient (Wildman–Crippen LogP) is 1.28. The maximum Gasteiger partial charge on any atom is 0.237 e. The molecule has 0 radical (unpaired) electrons. The van der Waals surface area contributed by atoms with Crippen molar-refractivity contribution in [3.63, 3.8) is 0 Å². The first-order valence-corrected chi connectivity index (χ1v) is 6.85. The van der Waals surface area contributed by atoms with Gasteiger partial charge < -0.3 is 16.0 Å². The van der Waals surface area contributed by atoms with Crippen LogP contribution in [0.5, 0.6) is 0 Å². The second-order valence-electron chi connectivity index (χ2n) is 4.94. The van der Waals surface area contributed by atoms with Crippen LogP contribution in [-0.4, -0.2) is 31.6 Å². The van der Waals surface area contributed by atoms with Crippen molar-refractivity contribution in [3.8, 4) is 0 Å². The van der Waals surface area contributed by atoms with Gasteiger partial charge in [-0.05, 0) is 25.6 Å². The van der Waals surface area contributed by atoms with E-state index in [1.165, 1.54) is 0 Å². The van der Waals surface area contributed by atoms with Crippen LogP contribution in [0, 0.1) is 0 Å². The maximum absolute atomic E-state index is 12.0. The van der Waals surface area contributed by atoms with Gasteiger partial charge >= 0.3 is 0 Å². The largest absolute Gasteiger partial charge is 0.351 e. The summed E-state index contributed by atoms with van der Waals surface area (Å²) < 4.78 is 0. The zero-order chi connectivity index (χ0) is 14.1. The molecule has 4 nitrogen and oxygen atoms in total. The maximum atomic E-state index is 12.0. The third-order valence-electron chi connectivity index (χ3n) is 2.96. The molecule has 0 fully saturated rings. The first-order valence-electron chi connectivity index (χ1n) is 6.85. The van der Waals surface area contributed by atoms with Gasteiger partial charge in [0.25, 0.3) is 0 Å². The van der Waals surface area contributed by atoms with Gasteiger partial charge in [0, 0.05) is 12.6 Å². The molecule has 0 aromatic heterocycles. The fraction of sp³-hybridized carbons (Fsp3) is 0.533. The molecule has 1 unspecified atom stereocenters. The van der Waals surface area contributed by atoms with Crippen LogP contribution in [0.2, 0.25) is 0 Å². The van der Waals surface area contributed by atoms with Crippen LogP contribution in [0.25, 0.3) is 0 Å². The molecule has 0 saturated carbocycles. The number of hydrogen-bond donors (Lipinski definition) is 3. The normalized spacial score (nSPS) is 12.4. The molecule has 4 heteroatoms. The number of benzene rings is 1. The van der Waals surface area contributed by atoms with E-state index < -0.39 is 0 Å². The molecule has 106 valence electrons. The van der Waals surface area contributed by atoms with Crippen molar-refractivity contribution in [2.75, 3.05) is 13.6 Å². The molecule has 3 N–H and O–H groups in total. The molecule has 0 heterocycles. The average Bonchev–Trinajstić information content (AvgIpc) is 2.42. The van der Waals surface area contributed by atoms with Crippen LogP contribution in [0.3, 0.4) is 0 Å². The summed E-state index contributed by atoms with van der Waals surface area (Å²) in [6.07, 6.45) is 0.787. The molecule has 0 aliphatic rings. The third-order valence-corrected chi connectivity index (χ3v) is 2.96. The standard InChI is InChI=1S/C15H25N3O/c1-12(2)17-10-9-14(16-3)15(19)18-11-13-7-5-4-6-8-13/h4-8,12,14,16-17H,9-11H2,1-3H3,(H,18,19). The van der Waals surface area contributed by atoms with E-state index in [1.54, 1.807) is 0 Å². The lowest BCUT2D eigenvalue weighted by molar-refractivity contribution is -0.123. The van der Waals surface area contributed by atoms with Crippen LogP contribution >= 0.6 is 0 Å². The second kappa shape index (κ2) is 8.67. The fourth-order valence-corrected chi connectivity index (χ4v) is 1.83. The summed E-state index contributed by atoms with van der Waals surface area (Å²) in [4.78, 5) is 12.0. The van der Waals surface area contributed by atoms with E-state index in [-0.39, 0.29) is 11.9 Å². The van der Waals surface area contributed by atoms with Crippen LogP contribution in [-0.2, 0) is 11.3 Å². The summed E-state index contributed by atoms with van der Waals surface area (Å²) in [5.74, 6) is 0.0527. The first kappa shape index (κ1) is 15.7. The molecule has 1 atom stereocenters. The summed E-state index contributed by atoms with van der Waals surface area (Å²) in [6, 6.07) is 10.2. The highest BCUT2D eigenvalue weighted by Gasteiger charge is 2.15. The van der Waals surface area contributed by atoms with E-state index in [0.29, 0.717) is 12.6 Å². The van der Waals surface area contributed by atoms with Gasteiger partial charge in [0.05, 0.1) is 6.04 Å². The summed E-state index contributed by atoms with van der Waals surface area (Å²) >= 11 is 0. The number of nitrogens with one attached hydrogen (secondary N) is 3. The molecule has 1 aromatic rings. The molecule has 1 aromatic carbocycles. The van der Waals surface area contributed by atoms with Crippen molar-refractivity contribution in [2.24, 2.45) is 0 Å². The SMILES string of the molecule is CNC(CCNC(C)C)C(=O)NCc1ccccc1. The van der Waals surface area contributed by atoms with Gasteiger partial charge in [0.2, 0.25) is 5.91 Å². The monoisotopic (exact) mass is 263 g/mol. The minimum Gasteiger partial charge on any atom is -0.351 e. The highest BCUT2D eigenvalue weighted by molar-refractivity contribution is 5.81. The Labute approximate surface area is 116 Å². The Morgan fingerprint density at radius 2 is 1.89 bits per heavy atom. The zero-order valence-corrected chi connectivity index (χ0v) is 12.1. The third kappa shape index (κ3) is 6.36. The van der Waals surface area contributed by atoms with Crippen molar-refractivity contribution in [2.45, 2.75) is 38.9 Å². The second-order valence-corrected chi connectivity index (χ2v) is 4.94. The van der Waals surface area contributed by atoms with Gasteiger partial charge in [0.1, 0.15) is 0 Å². The Hall–Kier alpha value is -1.39. The van der Waals surface area contributed by atoms with E-state index in [4.69, 9.17) is 0 Å². The summed E-state index contributed by atoms with van der Waals surface area (Å²) in [6.45, 7) is 5.62. The fourth-order valence-electron chi connectivity index (χ4n) is 1.83. The van der Waals surface area contributed by atoms with Crippen molar-refractivity contribution < 1.29 is 4.79 Å². The van der Waals surface area contributed by atoms with E-state index in [9.17, 15) is 4.79 Å². The van der Waals surface area contributed by atoms with Crippen molar-refractivity contribution >= 4 is 5.91 Å². The van der Waals surface area contributed by atoms with Gasteiger partial charge in [-0.15, -0.1) is 0 Å². The van der Waals surface area contributed by atoms with E-state index in [2.05, 4.69) is 29.8 Å². The Balaban J connectivity index is 2.33. The predicted molar refractivity (Wildman–Crippen MR) is 78.9 cm³/mol. The molecular weight excluding hydrogens is 238 g/mol. The van der Waals surface area contributed by atoms with E-state index in [0.717, 1.165) is 18.5 Å². The summed E-state index contributed by atoms with van der Waals surface area (Å²) in [7, 11) is 1.82. The van der Waals surface area contributed by atoms with Gasteiger partial charge in [-0.25, -0.2) is 0 Å². The number of hydrogen-bond acceptors (Lipinski definition) is 3. The molecule has 0 saturated heterocycles. The van der Waals surface area contributed by atoms with Crippen molar-refractivity contribution in [3.05, 3.63) is 35.9 Å².